The number of allylic oxidation sites excluding steroid dienone is 2. The molecule has 0 radical (unpaired) electrons. The van der Waals surface area contributed by atoms with Crippen molar-refractivity contribution in [1.29, 1.82) is 0 Å². The van der Waals surface area contributed by atoms with Gasteiger partial charge in [0.05, 0.1) is 6.20 Å². The second-order valence-electron chi connectivity index (χ2n) is 2.77. The minimum absolute atomic E-state index is 0. The number of aromatic amines is 1. The number of rotatable bonds is 1. The van der Waals surface area contributed by atoms with Crippen molar-refractivity contribution >= 4 is 0 Å². The summed E-state index contributed by atoms with van der Waals surface area (Å²) in [4.78, 5) is 0. The van der Waals surface area contributed by atoms with Crippen molar-refractivity contribution in [1.82, 2.24) is 15.4 Å². The molecule has 4 N–H and O–H groups in total. The van der Waals surface area contributed by atoms with Crippen LogP contribution >= 0.6 is 0 Å². The molecule has 0 spiro atoms. The number of nitrogens with one attached hydrogen (secondary N) is 1. The van der Waals surface area contributed by atoms with E-state index >= 15 is 0 Å². The molecule has 1 aliphatic carbocycles. The van der Waals surface area contributed by atoms with Crippen LogP contribution in [-0.4, -0.2) is 26.0 Å². The summed E-state index contributed by atoms with van der Waals surface area (Å²) in [5.74, 6) is 0. The van der Waals surface area contributed by atoms with Gasteiger partial charge < -0.3 is 10.6 Å². The molecule has 0 saturated carbocycles. The van der Waals surface area contributed by atoms with Crippen LogP contribution in [0.25, 0.3) is 0 Å². The van der Waals surface area contributed by atoms with Crippen LogP contribution in [0, 0.1) is 0 Å². The molecule has 1 unspecified atom stereocenters. The van der Waals surface area contributed by atoms with Gasteiger partial charge in [-0.05, 0) is 6.08 Å². The van der Waals surface area contributed by atoms with Crippen LogP contribution in [0.5, 0.6) is 0 Å². The Balaban J connectivity index is 0.000000845. The number of hydrogen-bond acceptors (Lipinski definition) is 3. The van der Waals surface area contributed by atoms with Gasteiger partial charge in [-0.2, -0.15) is 15.4 Å². The quantitative estimate of drug-likeness (QED) is 0.622. The zero-order valence-electron chi connectivity index (χ0n) is 6.94. The van der Waals surface area contributed by atoms with Crippen LogP contribution in [0.1, 0.15) is 12.1 Å². The molecule has 0 aromatic carbocycles. The number of aromatic nitrogens is 3. The van der Waals surface area contributed by atoms with E-state index in [0.29, 0.717) is 12.1 Å². The third-order valence-electron chi connectivity index (χ3n) is 1.91. The Hall–Kier alpha value is -1.46. The first-order chi connectivity index (χ1) is 5.81. The summed E-state index contributed by atoms with van der Waals surface area (Å²) in [6.07, 6.45) is 9.39. The van der Waals surface area contributed by atoms with Gasteiger partial charge in [-0.1, -0.05) is 18.2 Å². The highest BCUT2D eigenvalue weighted by Crippen LogP contribution is 2.26. The third kappa shape index (κ3) is 1.66. The Labute approximate surface area is 75.1 Å². The molecule has 0 fully saturated rings. The molecule has 5 heteroatoms. The Morgan fingerprint density at radius 2 is 2.31 bits per heavy atom. The molecule has 1 aliphatic rings. The molecule has 0 saturated heterocycles. The molecule has 0 bridgehead atoms. The third-order valence-corrected chi connectivity index (χ3v) is 1.91. The Kier molecular flexibility index (Phi) is 2.60. The fraction of sp³-hybridized carbons (Fsp3) is 0.250. The van der Waals surface area contributed by atoms with Crippen LogP contribution in [0.4, 0.5) is 0 Å². The van der Waals surface area contributed by atoms with Gasteiger partial charge in [-0.25, -0.2) is 0 Å². The molecule has 0 amide bonds. The summed E-state index contributed by atoms with van der Waals surface area (Å²) >= 11 is 0. The van der Waals surface area contributed by atoms with E-state index in [9.17, 15) is 5.11 Å². The van der Waals surface area contributed by atoms with Crippen LogP contribution < -0.4 is 0 Å². The SMILES string of the molecule is O.OC1(c2cn[nH]n2)C=CC=CC1. The Morgan fingerprint density at radius 3 is 2.85 bits per heavy atom. The largest absolute Gasteiger partial charge is 0.412 e. The maximum absolute atomic E-state index is 9.97. The number of aliphatic hydroxyl groups is 1. The first-order valence-corrected chi connectivity index (χ1v) is 3.74. The molecule has 13 heavy (non-hydrogen) atoms. The predicted molar refractivity (Wildman–Crippen MR) is 46.8 cm³/mol. The van der Waals surface area contributed by atoms with Gasteiger partial charge in [0.1, 0.15) is 11.3 Å². The smallest absolute Gasteiger partial charge is 0.132 e. The molecule has 1 aromatic heterocycles. The minimum atomic E-state index is -0.970. The van der Waals surface area contributed by atoms with E-state index in [-0.39, 0.29) is 5.48 Å². The first-order valence-electron chi connectivity index (χ1n) is 3.74. The van der Waals surface area contributed by atoms with E-state index in [1.807, 2.05) is 12.2 Å². The van der Waals surface area contributed by atoms with Gasteiger partial charge in [0, 0.05) is 6.42 Å². The first kappa shape index (κ1) is 9.63. The lowest BCUT2D eigenvalue weighted by Gasteiger charge is -2.21. The summed E-state index contributed by atoms with van der Waals surface area (Å²) in [7, 11) is 0. The van der Waals surface area contributed by atoms with Crippen molar-refractivity contribution in [2.75, 3.05) is 0 Å². The summed E-state index contributed by atoms with van der Waals surface area (Å²) in [6.45, 7) is 0. The minimum Gasteiger partial charge on any atom is -0.412 e. The maximum atomic E-state index is 9.97. The molecule has 1 aromatic rings. The molecular weight excluding hydrogens is 170 g/mol. The zero-order chi connectivity index (χ0) is 8.44. The number of hydrogen-bond donors (Lipinski definition) is 2. The van der Waals surface area contributed by atoms with Crippen LogP contribution in [0.15, 0.2) is 30.5 Å². The van der Waals surface area contributed by atoms with Gasteiger partial charge in [0.15, 0.2) is 0 Å². The standard InChI is InChI=1S/C8H9N3O.H2O/c12-8(4-2-1-3-5-8)7-6-9-11-10-7;/h1-4,6,12H,5H2,(H,9,10,11);1H2. The second kappa shape index (κ2) is 3.51. The summed E-state index contributed by atoms with van der Waals surface area (Å²) in [6, 6.07) is 0. The lowest BCUT2D eigenvalue weighted by atomic mass is 9.92. The van der Waals surface area contributed by atoms with Crippen molar-refractivity contribution in [3.63, 3.8) is 0 Å². The highest BCUT2D eigenvalue weighted by Gasteiger charge is 2.28. The lowest BCUT2D eigenvalue weighted by molar-refractivity contribution is 0.0868. The topological polar surface area (TPSA) is 93.3 Å². The molecule has 70 valence electrons. The van der Waals surface area contributed by atoms with Crippen LogP contribution in [-0.2, 0) is 5.60 Å². The summed E-state index contributed by atoms with van der Waals surface area (Å²) in [5.41, 5.74) is -0.412. The van der Waals surface area contributed by atoms with E-state index in [4.69, 9.17) is 0 Å². The van der Waals surface area contributed by atoms with E-state index in [0.717, 1.165) is 0 Å². The maximum Gasteiger partial charge on any atom is 0.132 e. The van der Waals surface area contributed by atoms with Crippen molar-refractivity contribution in [2.45, 2.75) is 12.0 Å². The number of H-pyrrole nitrogens is 1. The summed E-state index contributed by atoms with van der Waals surface area (Å²) in [5, 5.41) is 19.9. The van der Waals surface area contributed by atoms with Gasteiger partial charge in [-0.15, -0.1) is 0 Å². The lowest BCUT2D eigenvalue weighted by Crippen LogP contribution is -2.23. The van der Waals surface area contributed by atoms with Gasteiger partial charge in [-0.3, -0.25) is 0 Å². The van der Waals surface area contributed by atoms with Crippen LogP contribution in [0.3, 0.4) is 0 Å². The van der Waals surface area contributed by atoms with Gasteiger partial charge >= 0.3 is 0 Å². The molecule has 1 atom stereocenters. The monoisotopic (exact) mass is 181 g/mol. The Bertz CT molecular complexity index is 318. The molecule has 2 rings (SSSR count). The number of nitrogens with zero attached hydrogens (tertiary/aromatic N) is 2. The average Bonchev–Trinajstić information content (AvgIpc) is 2.58. The molecular formula is C8H11N3O2. The van der Waals surface area contributed by atoms with Gasteiger partial charge in [0.2, 0.25) is 0 Å². The van der Waals surface area contributed by atoms with Crippen molar-refractivity contribution in [3.05, 3.63) is 36.2 Å². The molecule has 1 heterocycles. The second-order valence-corrected chi connectivity index (χ2v) is 2.77. The van der Waals surface area contributed by atoms with E-state index in [2.05, 4.69) is 15.4 Å². The zero-order valence-corrected chi connectivity index (χ0v) is 6.94. The fourth-order valence-corrected chi connectivity index (χ4v) is 1.21. The fourth-order valence-electron chi connectivity index (χ4n) is 1.21. The van der Waals surface area contributed by atoms with Crippen LogP contribution in [0.2, 0.25) is 0 Å². The van der Waals surface area contributed by atoms with Gasteiger partial charge in [0.25, 0.3) is 0 Å². The highest BCUT2D eigenvalue weighted by atomic mass is 16.3. The van der Waals surface area contributed by atoms with E-state index in [1.165, 1.54) is 6.20 Å². The normalized spacial score (nSPS) is 25.6. The van der Waals surface area contributed by atoms with Crippen molar-refractivity contribution in [2.24, 2.45) is 0 Å². The predicted octanol–water partition coefficient (Wildman–Crippen LogP) is -0.316. The average molecular weight is 181 g/mol. The van der Waals surface area contributed by atoms with Crippen molar-refractivity contribution in [3.8, 4) is 0 Å². The molecule has 0 aliphatic heterocycles. The summed E-state index contributed by atoms with van der Waals surface area (Å²) < 4.78 is 0. The highest BCUT2D eigenvalue weighted by molar-refractivity contribution is 5.25. The van der Waals surface area contributed by atoms with E-state index in [1.54, 1.807) is 12.2 Å². The molecule has 5 nitrogen and oxygen atoms in total. The van der Waals surface area contributed by atoms with E-state index < -0.39 is 5.60 Å². The Morgan fingerprint density at radius 1 is 1.46 bits per heavy atom. The van der Waals surface area contributed by atoms with Crippen molar-refractivity contribution < 1.29 is 10.6 Å².